The molecule has 0 saturated carbocycles. The first-order valence-corrected chi connectivity index (χ1v) is 10.2. The molecule has 0 aliphatic carbocycles. The van der Waals surface area contributed by atoms with Crippen molar-refractivity contribution < 1.29 is 4.74 Å². The van der Waals surface area contributed by atoms with Gasteiger partial charge in [-0.25, -0.2) is 0 Å². The molecule has 3 heteroatoms. The van der Waals surface area contributed by atoms with E-state index in [1.807, 2.05) is 30.8 Å². The van der Waals surface area contributed by atoms with Crippen LogP contribution >= 0.6 is 11.8 Å². The van der Waals surface area contributed by atoms with Crippen LogP contribution in [-0.4, -0.2) is 23.7 Å². The van der Waals surface area contributed by atoms with Gasteiger partial charge in [-0.05, 0) is 44.0 Å². The molecule has 0 atom stereocenters. The van der Waals surface area contributed by atoms with Crippen LogP contribution in [0.4, 0.5) is 5.69 Å². The Labute approximate surface area is 161 Å². The Morgan fingerprint density at radius 3 is 2.69 bits per heavy atom. The molecule has 0 aromatic heterocycles. The average molecular weight is 366 g/mol. The van der Waals surface area contributed by atoms with E-state index in [-0.39, 0.29) is 5.54 Å². The van der Waals surface area contributed by atoms with Gasteiger partial charge < -0.3 is 10.1 Å². The van der Waals surface area contributed by atoms with E-state index >= 15 is 0 Å². The summed E-state index contributed by atoms with van der Waals surface area (Å²) in [6.07, 6.45) is 4.32. The highest BCUT2D eigenvalue weighted by Gasteiger charge is 2.26. The first kappa shape index (κ1) is 18.7. The lowest BCUT2D eigenvalue weighted by Crippen LogP contribution is -2.32. The third kappa shape index (κ3) is 4.16. The van der Waals surface area contributed by atoms with E-state index in [4.69, 9.17) is 4.74 Å². The van der Waals surface area contributed by atoms with Crippen molar-refractivity contribution in [1.82, 2.24) is 0 Å². The maximum atomic E-state index is 5.70. The SMILES string of the molecule is C=CCSCC1=CC(C)(C)Nc2c1cccc2-c1cccc(OCC)c1. The molecule has 1 aliphatic rings. The number of rotatable bonds is 7. The Morgan fingerprint density at radius 2 is 1.92 bits per heavy atom. The van der Waals surface area contributed by atoms with E-state index < -0.39 is 0 Å². The normalized spacial score (nSPS) is 14.8. The Balaban J connectivity index is 2.04. The lowest BCUT2D eigenvalue weighted by atomic mass is 9.88. The molecule has 3 rings (SSSR count). The van der Waals surface area contributed by atoms with Crippen molar-refractivity contribution in [3.63, 3.8) is 0 Å². The molecule has 1 N–H and O–H groups in total. The Morgan fingerprint density at radius 1 is 1.15 bits per heavy atom. The third-order valence-electron chi connectivity index (χ3n) is 4.34. The van der Waals surface area contributed by atoms with Crippen molar-refractivity contribution in [1.29, 1.82) is 0 Å². The number of fused-ring (bicyclic) bond motifs is 1. The molecule has 2 nitrogen and oxygen atoms in total. The highest BCUT2D eigenvalue weighted by Crippen LogP contribution is 2.42. The van der Waals surface area contributed by atoms with Crippen molar-refractivity contribution in [2.45, 2.75) is 26.3 Å². The molecule has 136 valence electrons. The summed E-state index contributed by atoms with van der Waals surface area (Å²) in [7, 11) is 0. The van der Waals surface area contributed by atoms with E-state index in [0.717, 1.165) is 17.3 Å². The summed E-state index contributed by atoms with van der Waals surface area (Å²) in [5.41, 5.74) is 6.21. The van der Waals surface area contributed by atoms with Gasteiger partial charge in [0.2, 0.25) is 0 Å². The van der Waals surface area contributed by atoms with Gasteiger partial charge >= 0.3 is 0 Å². The predicted molar refractivity (Wildman–Crippen MR) is 116 cm³/mol. The van der Waals surface area contributed by atoms with Crippen LogP contribution < -0.4 is 10.1 Å². The molecule has 0 spiro atoms. The molecule has 1 heterocycles. The topological polar surface area (TPSA) is 21.3 Å². The monoisotopic (exact) mass is 365 g/mol. The fourth-order valence-corrected chi connectivity index (χ4v) is 4.10. The molecule has 1 aliphatic heterocycles. The van der Waals surface area contributed by atoms with Gasteiger partial charge in [-0.2, -0.15) is 11.8 Å². The van der Waals surface area contributed by atoms with Crippen LogP contribution in [0.25, 0.3) is 16.7 Å². The van der Waals surface area contributed by atoms with Gasteiger partial charge in [-0.3, -0.25) is 0 Å². The number of para-hydroxylation sites is 1. The molecule has 0 amide bonds. The van der Waals surface area contributed by atoms with Crippen molar-refractivity contribution in [2.24, 2.45) is 0 Å². The Hall–Kier alpha value is -2.13. The quantitative estimate of drug-likeness (QED) is 0.462. The number of anilines is 1. The van der Waals surface area contributed by atoms with Crippen LogP contribution in [-0.2, 0) is 0 Å². The first-order chi connectivity index (χ1) is 12.5. The fourth-order valence-electron chi connectivity index (χ4n) is 3.36. The van der Waals surface area contributed by atoms with Gasteiger partial charge in [0.05, 0.1) is 17.8 Å². The summed E-state index contributed by atoms with van der Waals surface area (Å²) in [6, 6.07) is 14.9. The highest BCUT2D eigenvalue weighted by atomic mass is 32.2. The maximum Gasteiger partial charge on any atom is 0.119 e. The second-order valence-electron chi connectivity index (χ2n) is 7.01. The summed E-state index contributed by atoms with van der Waals surface area (Å²) < 4.78 is 5.70. The lowest BCUT2D eigenvalue weighted by molar-refractivity contribution is 0.340. The smallest absolute Gasteiger partial charge is 0.119 e. The summed E-state index contributed by atoms with van der Waals surface area (Å²) in [5, 5.41) is 3.73. The molecular weight excluding hydrogens is 338 g/mol. The summed E-state index contributed by atoms with van der Waals surface area (Å²) in [4.78, 5) is 0. The number of thioether (sulfide) groups is 1. The molecule has 0 radical (unpaired) electrons. The molecule has 2 aromatic carbocycles. The number of hydrogen-bond acceptors (Lipinski definition) is 3. The second-order valence-corrected chi connectivity index (χ2v) is 8.04. The number of benzene rings is 2. The minimum absolute atomic E-state index is 0.0787. The number of ether oxygens (including phenoxy) is 1. The second kappa shape index (κ2) is 8.05. The molecule has 26 heavy (non-hydrogen) atoms. The van der Waals surface area contributed by atoms with Gasteiger partial charge in [-0.1, -0.05) is 42.5 Å². The summed E-state index contributed by atoms with van der Waals surface area (Å²) in [6.45, 7) is 11.0. The molecule has 0 fully saturated rings. The molecule has 2 aromatic rings. The van der Waals surface area contributed by atoms with Crippen molar-refractivity contribution in [3.05, 3.63) is 66.8 Å². The fraction of sp³-hybridized carbons (Fsp3) is 0.304. The van der Waals surface area contributed by atoms with Crippen molar-refractivity contribution in [3.8, 4) is 16.9 Å². The standard InChI is InChI=1S/C23H27NOS/c1-5-13-26-16-18-15-23(3,4)24-22-20(11-8-12-21(18)22)17-9-7-10-19(14-17)25-6-2/h5,7-12,14-15,24H,1,6,13,16H2,2-4H3. The van der Waals surface area contributed by atoms with Crippen LogP contribution in [0.3, 0.4) is 0 Å². The van der Waals surface area contributed by atoms with E-state index in [1.165, 1.54) is 28.0 Å². The summed E-state index contributed by atoms with van der Waals surface area (Å²) >= 11 is 1.90. The zero-order valence-electron chi connectivity index (χ0n) is 15.8. The van der Waals surface area contributed by atoms with Crippen molar-refractivity contribution in [2.75, 3.05) is 23.4 Å². The molecule has 0 unspecified atom stereocenters. The summed E-state index contributed by atoms with van der Waals surface area (Å²) in [5.74, 6) is 2.87. The Kier molecular flexibility index (Phi) is 5.77. The zero-order valence-corrected chi connectivity index (χ0v) is 16.7. The average Bonchev–Trinajstić information content (AvgIpc) is 2.61. The van der Waals surface area contributed by atoms with Gasteiger partial charge in [0.1, 0.15) is 5.75 Å². The minimum atomic E-state index is -0.0787. The van der Waals surface area contributed by atoms with E-state index in [9.17, 15) is 0 Å². The molecule has 0 saturated heterocycles. The van der Waals surface area contributed by atoms with Gasteiger partial charge in [0.15, 0.2) is 0 Å². The lowest BCUT2D eigenvalue weighted by Gasteiger charge is -2.34. The minimum Gasteiger partial charge on any atom is -0.494 e. The van der Waals surface area contributed by atoms with Crippen molar-refractivity contribution >= 4 is 23.0 Å². The zero-order chi connectivity index (χ0) is 18.6. The van der Waals surface area contributed by atoms with E-state index in [1.54, 1.807) is 0 Å². The highest BCUT2D eigenvalue weighted by molar-refractivity contribution is 7.99. The van der Waals surface area contributed by atoms with E-state index in [2.05, 4.69) is 68.2 Å². The van der Waals surface area contributed by atoms with E-state index in [0.29, 0.717) is 6.61 Å². The molecule has 0 bridgehead atoms. The van der Waals surface area contributed by atoms with Crippen LogP contribution in [0.15, 0.2) is 61.2 Å². The van der Waals surface area contributed by atoms with Crippen LogP contribution in [0.5, 0.6) is 5.75 Å². The van der Waals surface area contributed by atoms with Gasteiger partial charge in [0, 0.05) is 22.6 Å². The van der Waals surface area contributed by atoms with Crippen LogP contribution in [0.2, 0.25) is 0 Å². The number of hydrogen-bond donors (Lipinski definition) is 1. The van der Waals surface area contributed by atoms with Gasteiger partial charge in [-0.15, -0.1) is 6.58 Å². The Bertz CT molecular complexity index is 823. The van der Waals surface area contributed by atoms with Crippen LogP contribution in [0, 0.1) is 0 Å². The number of nitrogens with one attached hydrogen (secondary N) is 1. The third-order valence-corrected chi connectivity index (χ3v) is 5.33. The van der Waals surface area contributed by atoms with Crippen LogP contribution in [0.1, 0.15) is 26.3 Å². The maximum absolute atomic E-state index is 5.70. The largest absolute Gasteiger partial charge is 0.494 e. The molecular formula is C23H27NOS. The first-order valence-electron chi connectivity index (χ1n) is 9.09. The predicted octanol–water partition coefficient (Wildman–Crippen LogP) is 6.26. The van der Waals surface area contributed by atoms with Gasteiger partial charge in [0.25, 0.3) is 0 Å².